The summed E-state index contributed by atoms with van der Waals surface area (Å²) in [6, 6.07) is 13.7. The summed E-state index contributed by atoms with van der Waals surface area (Å²) in [5.74, 6) is 1.03. The Hall–Kier alpha value is -3.04. The molecule has 2 aromatic heterocycles. The monoisotopic (exact) mass is 375 g/mol. The minimum absolute atomic E-state index is 0.0230. The van der Waals surface area contributed by atoms with E-state index < -0.39 is 0 Å². The van der Waals surface area contributed by atoms with E-state index >= 15 is 0 Å². The number of carbonyl (C=O) groups excluding carboxylic acids is 1. The molecule has 0 atom stereocenters. The molecule has 1 aliphatic rings. The van der Waals surface area contributed by atoms with Crippen LogP contribution in [0.3, 0.4) is 0 Å². The van der Waals surface area contributed by atoms with Gasteiger partial charge in [0, 0.05) is 29.1 Å². The molecule has 0 bridgehead atoms. The maximum Gasteiger partial charge on any atom is 0.214 e. The molecule has 1 aromatic carbocycles. The van der Waals surface area contributed by atoms with Crippen LogP contribution in [0, 0.1) is 17.2 Å². The van der Waals surface area contributed by atoms with Crippen LogP contribution in [-0.4, -0.2) is 22.4 Å². The van der Waals surface area contributed by atoms with Crippen LogP contribution in [0.1, 0.15) is 17.8 Å². The first-order valence-electron chi connectivity index (χ1n) is 8.76. The summed E-state index contributed by atoms with van der Waals surface area (Å²) >= 11 is 1.54. The Morgan fingerprint density at radius 1 is 1.19 bits per heavy atom. The van der Waals surface area contributed by atoms with Gasteiger partial charge in [-0.2, -0.15) is 5.26 Å². The molecule has 1 saturated carbocycles. The molecule has 134 valence electrons. The normalized spacial score (nSPS) is 13.1. The van der Waals surface area contributed by atoms with Crippen molar-refractivity contribution in [3.8, 4) is 34.3 Å². The van der Waals surface area contributed by atoms with E-state index in [4.69, 9.17) is 10.00 Å². The van der Waals surface area contributed by atoms with Gasteiger partial charge in [-0.3, -0.25) is 4.79 Å². The van der Waals surface area contributed by atoms with Crippen molar-refractivity contribution < 1.29 is 9.53 Å². The van der Waals surface area contributed by atoms with Gasteiger partial charge in [0.1, 0.15) is 16.9 Å². The van der Waals surface area contributed by atoms with E-state index in [1.165, 1.54) is 0 Å². The molecule has 0 amide bonds. The first-order chi connectivity index (χ1) is 13.2. The summed E-state index contributed by atoms with van der Waals surface area (Å²) in [5, 5.41) is 11.5. The molecule has 0 saturated heterocycles. The van der Waals surface area contributed by atoms with Crippen LogP contribution >= 0.6 is 11.3 Å². The van der Waals surface area contributed by atoms with Crippen molar-refractivity contribution in [2.45, 2.75) is 19.3 Å². The smallest absolute Gasteiger partial charge is 0.214 e. The number of rotatable bonds is 7. The highest BCUT2D eigenvalue weighted by molar-refractivity contribution is 7.10. The molecule has 0 aliphatic heterocycles. The topological polar surface area (TPSA) is 75.9 Å². The number of benzene rings is 1. The van der Waals surface area contributed by atoms with Crippen molar-refractivity contribution in [3.63, 3.8) is 0 Å². The number of hydrogen-bond acceptors (Lipinski definition) is 6. The van der Waals surface area contributed by atoms with Gasteiger partial charge in [0.05, 0.1) is 12.1 Å². The van der Waals surface area contributed by atoms with Crippen molar-refractivity contribution in [2.24, 2.45) is 5.92 Å². The lowest BCUT2D eigenvalue weighted by Crippen LogP contribution is -2.04. The lowest BCUT2D eigenvalue weighted by molar-refractivity contribution is -0.119. The Morgan fingerprint density at radius 3 is 2.70 bits per heavy atom. The first-order valence-corrected chi connectivity index (χ1v) is 9.64. The number of ketones is 1. The summed E-state index contributed by atoms with van der Waals surface area (Å²) in [5.41, 5.74) is 3.92. The average Bonchev–Trinajstić information content (AvgIpc) is 3.46. The Morgan fingerprint density at radius 2 is 1.96 bits per heavy atom. The molecule has 2 heterocycles. The minimum Gasteiger partial charge on any atom is -0.462 e. The zero-order chi connectivity index (χ0) is 18.6. The van der Waals surface area contributed by atoms with E-state index in [0.29, 0.717) is 18.1 Å². The fourth-order valence-electron chi connectivity index (χ4n) is 2.83. The quantitative estimate of drug-likeness (QED) is 0.615. The van der Waals surface area contributed by atoms with Crippen molar-refractivity contribution in [1.29, 1.82) is 5.26 Å². The van der Waals surface area contributed by atoms with Gasteiger partial charge >= 0.3 is 0 Å². The van der Waals surface area contributed by atoms with E-state index in [2.05, 4.69) is 9.97 Å². The highest BCUT2D eigenvalue weighted by atomic mass is 32.1. The second-order valence-corrected chi connectivity index (χ2v) is 7.39. The number of ether oxygens (including phenoxy) is 1. The second kappa shape index (κ2) is 7.68. The number of hydrogen-bond donors (Lipinski definition) is 0. The van der Waals surface area contributed by atoms with Crippen molar-refractivity contribution in [1.82, 2.24) is 9.97 Å². The van der Waals surface area contributed by atoms with Crippen molar-refractivity contribution in [3.05, 3.63) is 53.0 Å². The molecule has 1 fully saturated rings. The SMILES string of the molecule is N#CCOc1cc(-c2ccc(-c3csc(CC(=O)C4CC4)n3)cc2)ccn1. The fraction of sp³-hybridized carbons (Fsp3) is 0.238. The van der Waals surface area contributed by atoms with Gasteiger partial charge in [-0.1, -0.05) is 24.3 Å². The third-order valence-electron chi connectivity index (χ3n) is 4.44. The maximum absolute atomic E-state index is 11.9. The van der Waals surface area contributed by atoms with Crippen LogP contribution in [0.15, 0.2) is 48.0 Å². The van der Waals surface area contributed by atoms with Crippen LogP contribution in [0.4, 0.5) is 0 Å². The lowest BCUT2D eigenvalue weighted by atomic mass is 10.0. The number of carbonyl (C=O) groups is 1. The molecule has 4 rings (SSSR count). The van der Waals surface area contributed by atoms with E-state index in [-0.39, 0.29) is 12.5 Å². The maximum atomic E-state index is 11.9. The van der Waals surface area contributed by atoms with Crippen LogP contribution in [-0.2, 0) is 11.2 Å². The second-order valence-electron chi connectivity index (χ2n) is 6.45. The van der Waals surface area contributed by atoms with E-state index in [1.807, 2.05) is 47.8 Å². The molecular formula is C21H17N3O2S. The minimum atomic E-state index is -0.0230. The van der Waals surface area contributed by atoms with Crippen molar-refractivity contribution in [2.75, 3.05) is 6.61 Å². The molecule has 3 aromatic rings. The number of nitrogens with zero attached hydrogens (tertiary/aromatic N) is 3. The summed E-state index contributed by atoms with van der Waals surface area (Å²) in [4.78, 5) is 20.7. The highest BCUT2D eigenvalue weighted by Gasteiger charge is 2.29. The third kappa shape index (κ3) is 4.21. The number of aromatic nitrogens is 2. The van der Waals surface area contributed by atoms with E-state index in [0.717, 1.165) is 40.2 Å². The molecule has 0 N–H and O–H groups in total. The van der Waals surface area contributed by atoms with Crippen LogP contribution in [0.25, 0.3) is 22.4 Å². The van der Waals surface area contributed by atoms with Crippen molar-refractivity contribution >= 4 is 17.1 Å². The first kappa shape index (κ1) is 17.4. The third-order valence-corrected chi connectivity index (χ3v) is 5.29. The molecule has 0 radical (unpaired) electrons. The van der Waals surface area contributed by atoms with Gasteiger partial charge in [-0.25, -0.2) is 9.97 Å². The number of Topliss-reactive ketones (excluding diaryl/α,β-unsaturated/α-hetero) is 1. The standard InChI is InChI=1S/C21H17N3O2S/c22-8-10-26-20-11-17(7-9-23-20)14-1-3-15(4-2-14)18-13-27-21(24-18)12-19(25)16-5-6-16/h1-4,7,9,11,13,16H,5-6,10,12H2. The molecular weight excluding hydrogens is 358 g/mol. The summed E-state index contributed by atoms with van der Waals surface area (Å²) in [6.07, 6.45) is 4.20. The summed E-state index contributed by atoms with van der Waals surface area (Å²) in [7, 11) is 0. The Bertz CT molecular complexity index is 1000. The average molecular weight is 375 g/mol. The number of nitriles is 1. The van der Waals surface area contributed by atoms with Gasteiger partial charge in [-0.05, 0) is 30.0 Å². The van der Waals surface area contributed by atoms with Crippen LogP contribution in [0.2, 0.25) is 0 Å². The summed E-state index contributed by atoms with van der Waals surface area (Å²) in [6.45, 7) is -0.0230. The van der Waals surface area contributed by atoms with Gasteiger partial charge in [-0.15, -0.1) is 11.3 Å². The van der Waals surface area contributed by atoms with Gasteiger partial charge in [0.25, 0.3) is 0 Å². The van der Waals surface area contributed by atoms with Gasteiger partial charge in [0.2, 0.25) is 5.88 Å². The molecule has 1 aliphatic carbocycles. The van der Waals surface area contributed by atoms with E-state index in [9.17, 15) is 4.79 Å². The number of thiazole rings is 1. The Labute approximate surface area is 161 Å². The van der Waals surface area contributed by atoms with Crippen LogP contribution < -0.4 is 4.74 Å². The molecule has 5 nitrogen and oxygen atoms in total. The molecule has 6 heteroatoms. The highest BCUT2D eigenvalue weighted by Crippen LogP contribution is 2.32. The van der Waals surface area contributed by atoms with Gasteiger partial charge < -0.3 is 4.74 Å². The Kier molecular flexibility index (Phi) is 4.95. The fourth-order valence-corrected chi connectivity index (χ4v) is 3.64. The zero-order valence-electron chi connectivity index (χ0n) is 14.6. The molecule has 0 unspecified atom stereocenters. The Balaban J connectivity index is 1.48. The predicted molar refractivity (Wildman–Crippen MR) is 103 cm³/mol. The summed E-state index contributed by atoms with van der Waals surface area (Å²) < 4.78 is 5.26. The largest absolute Gasteiger partial charge is 0.462 e. The predicted octanol–water partition coefficient (Wildman–Crippen LogP) is 4.30. The lowest BCUT2D eigenvalue weighted by Gasteiger charge is -2.05. The van der Waals surface area contributed by atoms with Crippen LogP contribution in [0.5, 0.6) is 5.88 Å². The molecule has 27 heavy (non-hydrogen) atoms. The van der Waals surface area contributed by atoms with E-state index in [1.54, 1.807) is 17.5 Å². The van der Waals surface area contributed by atoms with Gasteiger partial charge in [0.15, 0.2) is 6.61 Å². The number of pyridine rings is 1. The zero-order valence-corrected chi connectivity index (χ0v) is 15.4. The molecule has 0 spiro atoms.